The van der Waals surface area contributed by atoms with Gasteiger partial charge in [0.25, 0.3) is 5.91 Å². The molecule has 0 radical (unpaired) electrons. The summed E-state index contributed by atoms with van der Waals surface area (Å²) >= 11 is 12.4. The molecule has 1 aromatic heterocycles. The molecule has 11 heteroatoms. The van der Waals surface area contributed by atoms with Crippen molar-refractivity contribution in [3.05, 3.63) is 33.9 Å². The van der Waals surface area contributed by atoms with E-state index in [0.29, 0.717) is 46.3 Å². The molecule has 2 aromatic rings. The number of halogens is 2. The van der Waals surface area contributed by atoms with E-state index in [1.165, 1.54) is 7.11 Å². The summed E-state index contributed by atoms with van der Waals surface area (Å²) in [5, 5.41) is 9.64. The molecule has 0 bridgehead atoms. The van der Waals surface area contributed by atoms with Crippen LogP contribution in [0.15, 0.2) is 18.2 Å². The molecular weight excluding hydrogens is 483 g/mol. The molecule has 4 N–H and O–H groups in total. The highest BCUT2D eigenvalue weighted by molar-refractivity contribution is 6.40. The number of hydrogen-bond donors (Lipinski definition) is 4. The number of H-pyrrole nitrogens is 1. The predicted molar refractivity (Wildman–Crippen MR) is 127 cm³/mol. The van der Waals surface area contributed by atoms with Crippen LogP contribution in [-0.4, -0.2) is 54.4 Å². The molecule has 2 heterocycles. The highest BCUT2D eigenvalue weighted by atomic mass is 35.5. The minimum Gasteiger partial charge on any atom is -0.467 e. The largest absolute Gasteiger partial charge is 0.467 e. The second-order valence-corrected chi connectivity index (χ2v) is 9.62. The van der Waals surface area contributed by atoms with E-state index in [1.54, 1.807) is 18.2 Å². The number of carbonyl (C=O) groups is 4. The molecule has 182 valence electrons. The van der Waals surface area contributed by atoms with E-state index in [2.05, 4.69) is 20.9 Å². The third-order valence-corrected chi connectivity index (χ3v) is 6.95. The minimum absolute atomic E-state index is 0.132. The molecule has 1 aliphatic heterocycles. The summed E-state index contributed by atoms with van der Waals surface area (Å²) in [5.41, 5.74) is 0.744. The number of aromatic amines is 1. The van der Waals surface area contributed by atoms with Crippen LogP contribution in [0.5, 0.6) is 0 Å². The van der Waals surface area contributed by atoms with Crippen LogP contribution in [0.1, 0.15) is 42.6 Å². The monoisotopic (exact) mass is 508 g/mol. The first kappa shape index (κ1) is 24.3. The number of rotatable bonds is 9. The topological polar surface area (TPSA) is 129 Å². The predicted octanol–water partition coefficient (Wildman–Crippen LogP) is 2.56. The van der Waals surface area contributed by atoms with Crippen molar-refractivity contribution in [2.24, 2.45) is 11.8 Å². The van der Waals surface area contributed by atoms with Gasteiger partial charge >= 0.3 is 5.97 Å². The fourth-order valence-electron chi connectivity index (χ4n) is 4.21. The van der Waals surface area contributed by atoms with Gasteiger partial charge < -0.3 is 25.7 Å². The molecule has 2 fully saturated rings. The van der Waals surface area contributed by atoms with Gasteiger partial charge in [-0.25, -0.2) is 4.79 Å². The molecular formula is C23H26Cl2N4O5. The second kappa shape index (κ2) is 10.2. The molecule has 4 rings (SSSR count). The molecule has 0 spiro atoms. The van der Waals surface area contributed by atoms with E-state index in [4.69, 9.17) is 27.9 Å². The molecule has 2 aliphatic rings. The maximum Gasteiger partial charge on any atom is 0.328 e. The highest BCUT2D eigenvalue weighted by Gasteiger charge is 2.36. The first-order valence-corrected chi connectivity index (χ1v) is 12.0. The zero-order valence-electron chi connectivity index (χ0n) is 18.6. The van der Waals surface area contributed by atoms with Gasteiger partial charge in [0.15, 0.2) is 0 Å². The van der Waals surface area contributed by atoms with Gasteiger partial charge in [-0.1, -0.05) is 36.0 Å². The van der Waals surface area contributed by atoms with E-state index in [0.717, 1.165) is 12.8 Å². The summed E-state index contributed by atoms with van der Waals surface area (Å²) < 4.78 is 4.84. The van der Waals surface area contributed by atoms with Crippen LogP contribution in [0.3, 0.4) is 0 Å². The molecule has 1 aliphatic carbocycles. The first-order chi connectivity index (χ1) is 16.3. The minimum atomic E-state index is -0.990. The van der Waals surface area contributed by atoms with Crippen molar-refractivity contribution in [1.82, 2.24) is 20.9 Å². The summed E-state index contributed by atoms with van der Waals surface area (Å²) in [6.07, 6.45) is 3.10. The molecule has 2 unspecified atom stereocenters. The number of methoxy groups -OCH3 is 1. The molecule has 34 heavy (non-hydrogen) atoms. The lowest BCUT2D eigenvalue weighted by molar-refractivity contribution is -0.146. The standard InChI is InChI=1S/C23H26Cl2N4O5/c1-34-23(33)18(9-12-6-7-26-20(12)30)29-21(31)16(8-11-2-3-11)28-22(32)17-10-13-14(24)4-5-15(25)19(13)27-17/h4-5,10-12,16,18,27H,2-3,6-9H2,1H3,(H,26,30)(H,28,32)(H,29,31)/t12-,16?,18?/m0/s1. The van der Waals surface area contributed by atoms with Crippen LogP contribution >= 0.6 is 23.2 Å². The van der Waals surface area contributed by atoms with Crippen LogP contribution in [0, 0.1) is 11.8 Å². The lowest BCUT2D eigenvalue weighted by atomic mass is 9.97. The number of ether oxygens (including phenoxy) is 1. The van der Waals surface area contributed by atoms with Gasteiger partial charge in [-0.05, 0) is 43.4 Å². The Bertz CT molecular complexity index is 1090. The van der Waals surface area contributed by atoms with E-state index in [9.17, 15) is 19.2 Å². The fraction of sp³-hybridized carbons (Fsp3) is 0.478. The SMILES string of the molecule is COC(=O)C(C[C@@H]1CCNC1=O)NC(=O)C(CC1CC1)NC(=O)c1cc2c(Cl)ccc(Cl)c2[nH]1. The van der Waals surface area contributed by atoms with Crippen molar-refractivity contribution in [1.29, 1.82) is 0 Å². The van der Waals surface area contributed by atoms with Crippen molar-refractivity contribution >= 4 is 57.8 Å². The molecule has 3 atom stereocenters. The molecule has 3 amide bonds. The summed E-state index contributed by atoms with van der Waals surface area (Å²) in [6, 6.07) is 3.01. The van der Waals surface area contributed by atoms with E-state index in [1.807, 2.05) is 0 Å². The molecule has 1 saturated carbocycles. The Kier molecular flexibility index (Phi) is 7.33. The average molecular weight is 509 g/mol. The van der Waals surface area contributed by atoms with Gasteiger partial charge in [0.1, 0.15) is 17.8 Å². The zero-order valence-corrected chi connectivity index (χ0v) is 20.1. The van der Waals surface area contributed by atoms with E-state index >= 15 is 0 Å². The van der Waals surface area contributed by atoms with Crippen LogP contribution in [0.25, 0.3) is 10.9 Å². The average Bonchev–Trinajstić information content (AvgIpc) is 3.35. The van der Waals surface area contributed by atoms with Gasteiger partial charge in [0.2, 0.25) is 11.8 Å². The van der Waals surface area contributed by atoms with Gasteiger partial charge in [-0.15, -0.1) is 0 Å². The van der Waals surface area contributed by atoms with Crippen LogP contribution in [-0.2, 0) is 19.1 Å². The molecule has 1 aromatic carbocycles. The van der Waals surface area contributed by atoms with Crippen LogP contribution in [0.4, 0.5) is 0 Å². The van der Waals surface area contributed by atoms with Gasteiger partial charge in [0, 0.05) is 17.8 Å². The number of aromatic nitrogens is 1. The zero-order chi connectivity index (χ0) is 24.4. The number of hydrogen-bond acceptors (Lipinski definition) is 5. The summed E-state index contributed by atoms with van der Waals surface area (Å²) in [5.74, 6) is -1.84. The number of fused-ring (bicyclic) bond motifs is 1. The van der Waals surface area contributed by atoms with Crippen molar-refractivity contribution in [3.63, 3.8) is 0 Å². The third-order valence-electron chi connectivity index (χ3n) is 6.31. The summed E-state index contributed by atoms with van der Waals surface area (Å²) in [6.45, 7) is 0.532. The van der Waals surface area contributed by atoms with Crippen molar-refractivity contribution in [2.75, 3.05) is 13.7 Å². The van der Waals surface area contributed by atoms with Crippen molar-refractivity contribution in [2.45, 2.75) is 44.2 Å². The quantitative estimate of drug-likeness (QED) is 0.386. The maximum atomic E-state index is 13.2. The summed E-state index contributed by atoms with van der Waals surface area (Å²) in [7, 11) is 1.23. The second-order valence-electron chi connectivity index (χ2n) is 8.80. The van der Waals surface area contributed by atoms with Gasteiger partial charge in [-0.3, -0.25) is 14.4 Å². The fourth-order valence-corrected chi connectivity index (χ4v) is 4.63. The third kappa shape index (κ3) is 5.47. The van der Waals surface area contributed by atoms with Crippen molar-refractivity contribution in [3.8, 4) is 0 Å². The Labute approximate surface area is 206 Å². The first-order valence-electron chi connectivity index (χ1n) is 11.2. The number of nitrogens with one attached hydrogen (secondary N) is 4. The highest BCUT2D eigenvalue weighted by Crippen LogP contribution is 2.34. The molecule has 1 saturated heterocycles. The van der Waals surface area contributed by atoms with E-state index in [-0.39, 0.29) is 23.9 Å². The van der Waals surface area contributed by atoms with Gasteiger partial charge in [-0.2, -0.15) is 0 Å². The Morgan fingerprint density at radius 3 is 2.44 bits per heavy atom. The number of benzene rings is 1. The number of carbonyl (C=O) groups excluding carboxylic acids is 4. The Morgan fingerprint density at radius 2 is 1.82 bits per heavy atom. The normalized spacial score (nSPS) is 19.4. The van der Waals surface area contributed by atoms with Crippen LogP contribution < -0.4 is 16.0 Å². The van der Waals surface area contributed by atoms with Gasteiger partial charge in [0.05, 0.1) is 22.7 Å². The summed E-state index contributed by atoms with van der Waals surface area (Å²) in [4.78, 5) is 53.4. The Hall–Kier alpha value is -2.78. The number of esters is 1. The lowest BCUT2D eigenvalue weighted by Crippen LogP contribution is -2.52. The van der Waals surface area contributed by atoms with Crippen molar-refractivity contribution < 1.29 is 23.9 Å². The molecule has 9 nitrogen and oxygen atoms in total. The Balaban J connectivity index is 1.49. The maximum absolute atomic E-state index is 13.2. The lowest BCUT2D eigenvalue weighted by Gasteiger charge is -2.23. The smallest absolute Gasteiger partial charge is 0.328 e. The van der Waals surface area contributed by atoms with Crippen LogP contribution in [0.2, 0.25) is 10.0 Å². The Morgan fingerprint density at radius 1 is 1.09 bits per heavy atom. The number of amides is 3. The van der Waals surface area contributed by atoms with E-state index < -0.39 is 29.9 Å².